The van der Waals surface area contributed by atoms with Crippen LogP contribution in [0.2, 0.25) is 5.02 Å². The average molecular weight is 327 g/mol. The number of amides is 1. The Hall–Kier alpha value is -1.26. The molecule has 3 N–H and O–H groups in total. The second-order valence-electron chi connectivity index (χ2n) is 6.81. The van der Waals surface area contributed by atoms with Gasteiger partial charge in [-0.1, -0.05) is 30.7 Å². The van der Waals surface area contributed by atoms with E-state index in [0.717, 1.165) is 22.6 Å². The normalized spacial score (nSPS) is 14.3. The predicted octanol–water partition coefficient (Wildman–Crippen LogP) is 3.68. The molecule has 0 aromatic heterocycles. The zero-order valence-electron chi connectivity index (χ0n) is 14.1. The van der Waals surface area contributed by atoms with Gasteiger partial charge in [-0.25, -0.2) is 4.79 Å². The van der Waals surface area contributed by atoms with Gasteiger partial charge in [0, 0.05) is 17.6 Å². The summed E-state index contributed by atoms with van der Waals surface area (Å²) >= 11 is 6.02. The number of nitrogens with one attached hydrogen (secondary N) is 1. The van der Waals surface area contributed by atoms with Crippen LogP contribution in [-0.2, 0) is 11.2 Å². The molecule has 0 fully saturated rings. The fourth-order valence-electron chi connectivity index (χ4n) is 2.02. The second-order valence-corrected chi connectivity index (χ2v) is 7.22. The van der Waals surface area contributed by atoms with E-state index in [9.17, 15) is 4.79 Å². The lowest BCUT2D eigenvalue weighted by Gasteiger charge is -2.23. The van der Waals surface area contributed by atoms with Crippen LogP contribution in [-0.4, -0.2) is 24.3 Å². The molecule has 0 heterocycles. The van der Waals surface area contributed by atoms with Gasteiger partial charge < -0.3 is 15.8 Å². The molecule has 1 aromatic rings. The van der Waals surface area contributed by atoms with E-state index in [1.807, 2.05) is 46.8 Å². The summed E-state index contributed by atoms with van der Waals surface area (Å²) in [5.41, 5.74) is 7.93. The molecule has 1 aromatic carbocycles. The Morgan fingerprint density at radius 1 is 1.41 bits per heavy atom. The molecular weight excluding hydrogens is 300 g/mol. The van der Waals surface area contributed by atoms with Gasteiger partial charge in [0.1, 0.15) is 5.60 Å². The van der Waals surface area contributed by atoms with Crippen molar-refractivity contribution in [3.63, 3.8) is 0 Å². The third kappa shape index (κ3) is 6.67. The van der Waals surface area contributed by atoms with Gasteiger partial charge in [-0.3, -0.25) is 0 Å². The molecule has 0 aliphatic rings. The van der Waals surface area contributed by atoms with Crippen molar-refractivity contribution in [2.45, 2.75) is 52.7 Å². The smallest absolute Gasteiger partial charge is 0.407 e. The van der Waals surface area contributed by atoms with E-state index in [1.165, 1.54) is 0 Å². The summed E-state index contributed by atoms with van der Waals surface area (Å²) in [6.45, 7) is 10.00. The number of benzene rings is 1. The first kappa shape index (κ1) is 18.8. The summed E-state index contributed by atoms with van der Waals surface area (Å²) in [7, 11) is 0. The minimum atomic E-state index is -0.490. The summed E-state index contributed by atoms with van der Waals surface area (Å²) in [5, 5.41) is 3.52. The Balaban J connectivity index is 2.46. The van der Waals surface area contributed by atoms with E-state index < -0.39 is 11.7 Å². The van der Waals surface area contributed by atoms with E-state index in [2.05, 4.69) is 11.4 Å². The summed E-state index contributed by atoms with van der Waals surface area (Å²) in [5.74, 6) is 0.142. The number of aryl methyl sites for hydroxylation is 1. The quantitative estimate of drug-likeness (QED) is 0.867. The molecule has 2 atom stereocenters. The van der Waals surface area contributed by atoms with Crippen LogP contribution in [0.3, 0.4) is 0 Å². The SMILES string of the molecule is Cc1cc(CC(N)C(C)CNC(=O)OC(C)(C)C)ccc1Cl. The van der Waals surface area contributed by atoms with Gasteiger partial charge in [-0.2, -0.15) is 0 Å². The van der Waals surface area contributed by atoms with Crippen molar-refractivity contribution in [2.24, 2.45) is 11.7 Å². The van der Waals surface area contributed by atoms with Crippen molar-refractivity contribution < 1.29 is 9.53 Å². The highest BCUT2D eigenvalue weighted by atomic mass is 35.5. The third-order valence-electron chi connectivity index (χ3n) is 3.39. The van der Waals surface area contributed by atoms with Crippen LogP contribution in [0.4, 0.5) is 4.79 Å². The first-order chi connectivity index (χ1) is 10.1. The number of alkyl carbamates (subject to hydrolysis) is 1. The second kappa shape index (κ2) is 7.84. The zero-order valence-corrected chi connectivity index (χ0v) is 14.8. The molecule has 0 saturated heterocycles. The Morgan fingerprint density at radius 3 is 2.59 bits per heavy atom. The van der Waals surface area contributed by atoms with Gasteiger partial charge in [0.15, 0.2) is 0 Å². The number of halogens is 1. The van der Waals surface area contributed by atoms with Crippen LogP contribution in [0.15, 0.2) is 18.2 Å². The fraction of sp³-hybridized carbons (Fsp3) is 0.588. The molecule has 0 spiro atoms. The molecule has 0 bridgehead atoms. The molecule has 0 aliphatic heterocycles. The number of ether oxygens (including phenoxy) is 1. The molecule has 0 saturated carbocycles. The van der Waals surface area contributed by atoms with E-state index in [4.69, 9.17) is 22.1 Å². The van der Waals surface area contributed by atoms with Crippen LogP contribution in [0.1, 0.15) is 38.8 Å². The third-order valence-corrected chi connectivity index (χ3v) is 3.82. The molecule has 0 aliphatic carbocycles. The molecule has 1 rings (SSSR count). The highest BCUT2D eigenvalue weighted by molar-refractivity contribution is 6.31. The van der Waals surface area contributed by atoms with Crippen molar-refractivity contribution in [1.82, 2.24) is 5.32 Å². The maximum absolute atomic E-state index is 11.6. The molecule has 22 heavy (non-hydrogen) atoms. The summed E-state index contributed by atoms with van der Waals surface area (Å²) in [6.07, 6.45) is 0.337. The van der Waals surface area contributed by atoms with Gasteiger partial charge >= 0.3 is 6.09 Å². The Kier molecular flexibility index (Phi) is 6.69. The van der Waals surface area contributed by atoms with Crippen molar-refractivity contribution in [3.05, 3.63) is 34.3 Å². The lowest BCUT2D eigenvalue weighted by molar-refractivity contribution is 0.0518. The number of hydrogen-bond donors (Lipinski definition) is 2. The lowest BCUT2D eigenvalue weighted by Crippen LogP contribution is -2.40. The fourth-order valence-corrected chi connectivity index (χ4v) is 2.13. The van der Waals surface area contributed by atoms with Crippen molar-refractivity contribution >= 4 is 17.7 Å². The van der Waals surface area contributed by atoms with Gasteiger partial charge in [0.25, 0.3) is 0 Å². The van der Waals surface area contributed by atoms with Crippen molar-refractivity contribution in [2.75, 3.05) is 6.54 Å². The van der Waals surface area contributed by atoms with Crippen LogP contribution < -0.4 is 11.1 Å². The minimum absolute atomic E-state index is 0.0458. The molecule has 124 valence electrons. The van der Waals surface area contributed by atoms with Crippen LogP contribution in [0.25, 0.3) is 0 Å². The summed E-state index contributed by atoms with van der Waals surface area (Å²) in [4.78, 5) is 11.6. The number of nitrogens with two attached hydrogens (primary N) is 1. The van der Waals surface area contributed by atoms with E-state index in [1.54, 1.807) is 0 Å². The zero-order chi connectivity index (χ0) is 16.9. The molecule has 2 unspecified atom stereocenters. The predicted molar refractivity (Wildman–Crippen MR) is 91.3 cm³/mol. The van der Waals surface area contributed by atoms with E-state index >= 15 is 0 Å². The standard InChI is InChI=1S/C17H27ClN2O2/c1-11-8-13(6-7-14(11)18)9-15(19)12(2)10-20-16(21)22-17(3,4)5/h6-8,12,15H,9-10,19H2,1-5H3,(H,20,21). The number of carbonyl (C=O) groups excluding carboxylic acids is 1. The van der Waals surface area contributed by atoms with E-state index in [0.29, 0.717) is 6.54 Å². The highest BCUT2D eigenvalue weighted by Gasteiger charge is 2.18. The van der Waals surface area contributed by atoms with Crippen LogP contribution >= 0.6 is 11.6 Å². The average Bonchev–Trinajstić information content (AvgIpc) is 2.38. The summed E-state index contributed by atoms with van der Waals surface area (Å²) in [6, 6.07) is 5.89. The van der Waals surface area contributed by atoms with Gasteiger partial charge in [0.2, 0.25) is 0 Å². The lowest BCUT2D eigenvalue weighted by atomic mass is 9.95. The maximum atomic E-state index is 11.6. The van der Waals surface area contributed by atoms with Gasteiger partial charge in [-0.15, -0.1) is 0 Å². The summed E-state index contributed by atoms with van der Waals surface area (Å²) < 4.78 is 5.21. The number of hydrogen-bond acceptors (Lipinski definition) is 3. The molecule has 1 amide bonds. The Morgan fingerprint density at radius 2 is 2.05 bits per heavy atom. The first-order valence-corrected chi connectivity index (χ1v) is 7.93. The molecule has 5 heteroatoms. The minimum Gasteiger partial charge on any atom is -0.444 e. The topological polar surface area (TPSA) is 64.3 Å². The number of carbonyl (C=O) groups is 1. The molecule has 4 nitrogen and oxygen atoms in total. The molecule has 0 radical (unpaired) electrons. The van der Waals surface area contributed by atoms with E-state index in [-0.39, 0.29) is 12.0 Å². The molecular formula is C17H27ClN2O2. The van der Waals surface area contributed by atoms with Gasteiger partial charge in [0.05, 0.1) is 0 Å². The van der Waals surface area contributed by atoms with Gasteiger partial charge in [-0.05, 0) is 57.2 Å². The monoisotopic (exact) mass is 326 g/mol. The van der Waals surface area contributed by atoms with Crippen molar-refractivity contribution in [3.8, 4) is 0 Å². The highest BCUT2D eigenvalue weighted by Crippen LogP contribution is 2.18. The van der Waals surface area contributed by atoms with Crippen molar-refractivity contribution in [1.29, 1.82) is 0 Å². The van der Waals surface area contributed by atoms with Crippen LogP contribution in [0, 0.1) is 12.8 Å². The first-order valence-electron chi connectivity index (χ1n) is 7.56. The maximum Gasteiger partial charge on any atom is 0.407 e. The Labute approximate surface area is 138 Å². The number of rotatable bonds is 5. The van der Waals surface area contributed by atoms with Crippen LogP contribution in [0.5, 0.6) is 0 Å². The largest absolute Gasteiger partial charge is 0.444 e. The Bertz CT molecular complexity index is 512.